The van der Waals surface area contributed by atoms with E-state index in [4.69, 9.17) is 4.74 Å². The predicted octanol–water partition coefficient (Wildman–Crippen LogP) is 2.50. The minimum atomic E-state index is -1.64. The smallest absolute Gasteiger partial charge is 0.311 e. The van der Waals surface area contributed by atoms with E-state index in [2.05, 4.69) is 10.1 Å². The molecule has 1 aromatic carbocycles. The molecule has 2 heterocycles. The van der Waals surface area contributed by atoms with Gasteiger partial charge in [-0.15, -0.1) is 0 Å². The van der Waals surface area contributed by atoms with Crippen molar-refractivity contribution in [3.63, 3.8) is 0 Å². The van der Waals surface area contributed by atoms with Gasteiger partial charge in [0.05, 0.1) is 12.0 Å². The number of nitrogens with zero attached hydrogens (tertiary/aromatic N) is 4. The molecule has 7 nitrogen and oxygen atoms in total. The molecule has 2 aromatic rings. The Morgan fingerprint density at radius 3 is 2.50 bits per heavy atom. The zero-order valence-corrected chi connectivity index (χ0v) is 17.5. The van der Waals surface area contributed by atoms with Gasteiger partial charge in [0.2, 0.25) is 0 Å². The number of carbonyl (C=O) groups is 1. The van der Waals surface area contributed by atoms with Gasteiger partial charge in [-0.05, 0) is 39.7 Å². The minimum absolute atomic E-state index is 0.000633. The third kappa shape index (κ3) is 5.40. The number of esters is 1. The topological polar surface area (TPSA) is 80.5 Å². The predicted molar refractivity (Wildman–Crippen MR) is 105 cm³/mol. The Labute approximate surface area is 174 Å². The van der Waals surface area contributed by atoms with Crippen molar-refractivity contribution in [1.29, 1.82) is 0 Å². The molecule has 30 heavy (non-hydrogen) atoms. The number of piperidine rings is 1. The van der Waals surface area contributed by atoms with Crippen LogP contribution in [0, 0.1) is 17.0 Å². The summed E-state index contributed by atoms with van der Waals surface area (Å²) < 4.78 is 34.9. The lowest BCUT2D eigenvalue weighted by Crippen LogP contribution is -2.48. The van der Waals surface area contributed by atoms with Crippen LogP contribution in [0.15, 0.2) is 30.9 Å². The lowest BCUT2D eigenvalue weighted by Gasteiger charge is -2.38. The quantitative estimate of drug-likeness (QED) is 0.721. The van der Waals surface area contributed by atoms with Crippen LogP contribution in [-0.2, 0) is 21.7 Å². The number of benzene rings is 1. The molecule has 0 amide bonds. The number of halogens is 2. The summed E-state index contributed by atoms with van der Waals surface area (Å²) in [4.78, 5) is 18.0. The van der Waals surface area contributed by atoms with E-state index in [1.54, 1.807) is 0 Å². The second kappa shape index (κ2) is 8.77. The average Bonchev–Trinajstić information content (AvgIpc) is 3.15. The van der Waals surface area contributed by atoms with Crippen LogP contribution in [0.2, 0.25) is 0 Å². The van der Waals surface area contributed by atoms with Gasteiger partial charge >= 0.3 is 5.97 Å². The first-order chi connectivity index (χ1) is 14.1. The van der Waals surface area contributed by atoms with Crippen molar-refractivity contribution < 1.29 is 23.4 Å². The van der Waals surface area contributed by atoms with Crippen molar-refractivity contribution in [2.45, 2.75) is 51.9 Å². The molecule has 1 fully saturated rings. The maximum atomic E-state index is 14.5. The molecule has 1 aliphatic heterocycles. The van der Waals surface area contributed by atoms with Crippen LogP contribution >= 0.6 is 0 Å². The molecule has 0 spiro atoms. The molecular formula is C21H28F2N4O3. The van der Waals surface area contributed by atoms with Gasteiger partial charge in [0, 0.05) is 31.3 Å². The molecule has 0 aliphatic carbocycles. The molecule has 164 valence electrons. The van der Waals surface area contributed by atoms with Gasteiger partial charge in [0.1, 0.15) is 36.0 Å². The van der Waals surface area contributed by atoms with Crippen LogP contribution in [0.3, 0.4) is 0 Å². The summed E-state index contributed by atoms with van der Waals surface area (Å²) in [5.74, 6) is -1.76. The molecule has 3 rings (SSSR count). The maximum absolute atomic E-state index is 14.5. The van der Waals surface area contributed by atoms with Crippen LogP contribution in [0.1, 0.15) is 39.2 Å². The van der Waals surface area contributed by atoms with Crippen molar-refractivity contribution in [2.24, 2.45) is 5.41 Å². The third-order valence-corrected chi connectivity index (χ3v) is 5.23. The van der Waals surface area contributed by atoms with Crippen LogP contribution < -0.4 is 0 Å². The molecule has 1 saturated heterocycles. The van der Waals surface area contributed by atoms with Crippen molar-refractivity contribution in [3.05, 3.63) is 48.1 Å². The van der Waals surface area contributed by atoms with Crippen LogP contribution in [0.5, 0.6) is 0 Å². The standard InChI is InChI=1S/C21H28F2N4O3/c1-20(2,3)19(28)30-16-6-8-26(9-7-16)11-21(29,12-27-14-24-13-25-27)17-5-4-15(22)10-18(17)23/h4-5,10,13-14,16,29H,6-9,11-12H2,1-3H3. The highest BCUT2D eigenvalue weighted by atomic mass is 19.1. The normalized spacial score (nSPS) is 18.2. The number of hydrogen-bond acceptors (Lipinski definition) is 6. The van der Waals surface area contributed by atoms with Crippen LogP contribution in [0.4, 0.5) is 8.78 Å². The first kappa shape index (κ1) is 22.3. The number of aromatic nitrogens is 3. The van der Waals surface area contributed by atoms with Gasteiger partial charge in [-0.1, -0.05) is 6.07 Å². The lowest BCUT2D eigenvalue weighted by atomic mass is 9.91. The Hall–Kier alpha value is -2.39. The Kier molecular flexibility index (Phi) is 6.52. The molecule has 0 radical (unpaired) electrons. The van der Waals surface area contributed by atoms with E-state index in [0.29, 0.717) is 25.9 Å². The molecule has 1 unspecified atom stereocenters. The summed E-state index contributed by atoms with van der Waals surface area (Å²) in [5, 5.41) is 15.4. The van der Waals surface area contributed by atoms with Crippen molar-refractivity contribution in [1.82, 2.24) is 19.7 Å². The van der Waals surface area contributed by atoms with Gasteiger partial charge in [0.25, 0.3) is 0 Å². The largest absolute Gasteiger partial charge is 0.462 e. The molecule has 1 atom stereocenters. The Morgan fingerprint density at radius 2 is 1.93 bits per heavy atom. The average molecular weight is 422 g/mol. The van der Waals surface area contributed by atoms with E-state index in [1.165, 1.54) is 23.4 Å². The molecule has 9 heteroatoms. The van der Waals surface area contributed by atoms with E-state index < -0.39 is 22.7 Å². The van der Waals surface area contributed by atoms with E-state index in [-0.39, 0.29) is 30.7 Å². The Balaban J connectivity index is 1.71. The first-order valence-corrected chi connectivity index (χ1v) is 10.0. The number of ether oxygens (including phenoxy) is 1. The highest BCUT2D eigenvalue weighted by Crippen LogP contribution is 2.29. The van der Waals surface area contributed by atoms with Gasteiger partial charge in [-0.3, -0.25) is 9.69 Å². The molecular weight excluding hydrogens is 394 g/mol. The number of rotatable bonds is 6. The lowest BCUT2D eigenvalue weighted by molar-refractivity contribution is -0.161. The molecule has 1 aliphatic rings. The van der Waals surface area contributed by atoms with E-state index in [9.17, 15) is 18.7 Å². The van der Waals surface area contributed by atoms with E-state index in [0.717, 1.165) is 12.1 Å². The van der Waals surface area contributed by atoms with Gasteiger partial charge < -0.3 is 9.84 Å². The van der Waals surface area contributed by atoms with Crippen molar-refractivity contribution in [3.8, 4) is 0 Å². The molecule has 0 bridgehead atoms. The van der Waals surface area contributed by atoms with Gasteiger partial charge in [-0.2, -0.15) is 5.10 Å². The second-order valence-electron chi connectivity index (χ2n) is 8.88. The first-order valence-electron chi connectivity index (χ1n) is 10.0. The molecule has 0 saturated carbocycles. The highest BCUT2D eigenvalue weighted by Gasteiger charge is 2.37. The summed E-state index contributed by atoms with van der Waals surface area (Å²) in [6.45, 7) is 6.67. The van der Waals surface area contributed by atoms with Crippen LogP contribution in [0.25, 0.3) is 0 Å². The summed E-state index contributed by atoms with van der Waals surface area (Å²) in [6, 6.07) is 3.15. The second-order valence-corrected chi connectivity index (χ2v) is 8.88. The number of likely N-dealkylation sites (tertiary alicyclic amines) is 1. The highest BCUT2D eigenvalue weighted by molar-refractivity contribution is 5.75. The van der Waals surface area contributed by atoms with Gasteiger partial charge in [0.15, 0.2) is 0 Å². The summed E-state index contributed by atoms with van der Waals surface area (Å²) in [7, 11) is 0. The monoisotopic (exact) mass is 422 g/mol. The van der Waals surface area contributed by atoms with E-state index in [1.807, 2.05) is 25.7 Å². The number of aliphatic hydroxyl groups is 1. The summed E-state index contributed by atoms with van der Waals surface area (Å²) in [5.41, 5.74) is -2.20. The number of β-amino-alcohol motifs (C(OH)–C–C–N with tert-alkyl or cyclic N) is 1. The molecule has 1 N–H and O–H groups in total. The van der Waals surface area contributed by atoms with E-state index >= 15 is 0 Å². The number of hydrogen-bond donors (Lipinski definition) is 1. The zero-order valence-electron chi connectivity index (χ0n) is 17.5. The Bertz CT molecular complexity index is 862. The zero-order chi connectivity index (χ0) is 21.9. The molecule has 1 aromatic heterocycles. The fourth-order valence-corrected chi connectivity index (χ4v) is 3.55. The van der Waals surface area contributed by atoms with Crippen molar-refractivity contribution in [2.75, 3.05) is 19.6 Å². The fraction of sp³-hybridized carbons (Fsp3) is 0.571. The summed E-state index contributed by atoms with van der Waals surface area (Å²) in [6.07, 6.45) is 3.82. The van der Waals surface area contributed by atoms with Gasteiger partial charge in [-0.25, -0.2) is 18.4 Å². The SMILES string of the molecule is CC(C)(C)C(=O)OC1CCN(CC(O)(Cn2cncn2)c2ccc(F)cc2F)CC1. The fourth-order valence-electron chi connectivity index (χ4n) is 3.55. The minimum Gasteiger partial charge on any atom is -0.462 e. The maximum Gasteiger partial charge on any atom is 0.311 e. The third-order valence-electron chi connectivity index (χ3n) is 5.23. The Morgan fingerprint density at radius 1 is 1.23 bits per heavy atom. The van der Waals surface area contributed by atoms with Crippen molar-refractivity contribution >= 4 is 5.97 Å². The summed E-state index contributed by atoms with van der Waals surface area (Å²) >= 11 is 0. The van der Waals surface area contributed by atoms with Crippen LogP contribution in [-0.4, -0.2) is 56.5 Å². The number of carbonyl (C=O) groups excluding carboxylic acids is 1.